The molecule has 1 fully saturated rings. The van der Waals surface area contributed by atoms with Gasteiger partial charge in [-0.15, -0.1) is 0 Å². The van der Waals surface area contributed by atoms with Crippen molar-refractivity contribution in [2.24, 2.45) is 0 Å². The van der Waals surface area contributed by atoms with Gasteiger partial charge in [-0.3, -0.25) is 4.79 Å². The Bertz CT molecular complexity index is 439. The van der Waals surface area contributed by atoms with Crippen LogP contribution in [0.4, 0.5) is 5.69 Å². The maximum Gasteiger partial charge on any atom is 0.244 e. The first-order chi connectivity index (χ1) is 8.74. The number of hydrogen-bond acceptors (Lipinski definition) is 3. The van der Waals surface area contributed by atoms with E-state index in [1.54, 1.807) is 12.2 Å². The van der Waals surface area contributed by atoms with E-state index in [4.69, 9.17) is 5.73 Å². The van der Waals surface area contributed by atoms with Crippen molar-refractivity contribution in [2.45, 2.75) is 18.9 Å². The lowest BCUT2D eigenvalue weighted by Crippen LogP contribution is -2.37. The van der Waals surface area contributed by atoms with Crippen LogP contribution in [0.5, 0.6) is 0 Å². The summed E-state index contributed by atoms with van der Waals surface area (Å²) >= 11 is 1.91. The van der Waals surface area contributed by atoms with Gasteiger partial charge in [0.2, 0.25) is 5.91 Å². The van der Waals surface area contributed by atoms with Crippen molar-refractivity contribution in [3.05, 3.63) is 35.9 Å². The Morgan fingerprint density at radius 1 is 1.50 bits per heavy atom. The van der Waals surface area contributed by atoms with E-state index in [9.17, 15) is 4.79 Å². The summed E-state index contributed by atoms with van der Waals surface area (Å²) in [5.41, 5.74) is 7.33. The van der Waals surface area contributed by atoms with Gasteiger partial charge in [0.05, 0.1) is 0 Å². The van der Waals surface area contributed by atoms with Crippen LogP contribution < -0.4 is 11.1 Å². The molecule has 0 bridgehead atoms. The average Bonchev–Trinajstić information content (AvgIpc) is 2.38. The van der Waals surface area contributed by atoms with E-state index >= 15 is 0 Å². The number of nitrogens with one attached hydrogen (secondary N) is 1. The summed E-state index contributed by atoms with van der Waals surface area (Å²) in [6.45, 7) is 0. The van der Waals surface area contributed by atoms with E-state index in [0.717, 1.165) is 17.7 Å². The van der Waals surface area contributed by atoms with Gasteiger partial charge in [-0.1, -0.05) is 12.1 Å². The molecule has 4 heteroatoms. The highest BCUT2D eigenvalue weighted by Crippen LogP contribution is 2.16. The third-order valence-electron chi connectivity index (χ3n) is 2.84. The first-order valence-corrected chi connectivity index (χ1v) is 7.31. The molecule has 96 valence electrons. The van der Waals surface area contributed by atoms with Gasteiger partial charge < -0.3 is 11.1 Å². The lowest BCUT2D eigenvalue weighted by Gasteiger charge is -2.21. The molecule has 2 rings (SSSR count). The molecule has 1 atom stereocenters. The van der Waals surface area contributed by atoms with Crippen LogP contribution in [0.25, 0.3) is 6.08 Å². The second-order valence-electron chi connectivity index (χ2n) is 4.43. The summed E-state index contributed by atoms with van der Waals surface area (Å²) < 4.78 is 0. The van der Waals surface area contributed by atoms with Gasteiger partial charge >= 0.3 is 0 Å². The summed E-state index contributed by atoms with van der Waals surface area (Å²) in [7, 11) is 0. The standard InChI is InChI=1S/C14H18N2OS/c15-12-4-1-3-11(9-12)6-7-14(17)16-13-5-2-8-18-10-13/h1,3-4,6-7,9,13H,2,5,8,10,15H2,(H,16,17)/b7-6+. The zero-order valence-corrected chi connectivity index (χ0v) is 11.1. The van der Waals surface area contributed by atoms with Crippen LogP contribution in [0.3, 0.4) is 0 Å². The van der Waals surface area contributed by atoms with Crippen molar-refractivity contribution in [3.63, 3.8) is 0 Å². The molecule has 1 heterocycles. The molecule has 3 nitrogen and oxygen atoms in total. The van der Waals surface area contributed by atoms with Crippen molar-refractivity contribution in [1.29, 1.82) is 0 Å². The van der Waals surface area contributed by atoms with Crippen LogP contribution in [0.2, 0.25) is 0 Å². The Morgan fingerprint density at radius 3 is 3.11 bits per heavy atom. The molecule has 0 spiro atoms. The first kappa shape index (κ1) is 13.0. The zero-order valence-electron chi connectivity index (χ0n) is 10.3. The van der Waals surface area contributed by atoms with Gasteiger partial charge in [0.25, 0.3) is 0 Å². The van der Waals surface area contributed by atoms with E-state index in [2.05, 4.69) is 5.32 Å². The number of rotatable bonds is 3. The summed E-state index contributed by atoms with van der Waals surface area (Å²) in [5, 5.41) is 3.03. The Kier molecular flexibility index (Phi) is 4.70. The predicted molar refractivity (Wildman–Crippen MR) is 78.4 cm³/mol. The molecule has 18 heavy (non-hydrogen) atoms. The number of nitrogens with two attached hydrogens (primary N) is 1. The van der Waals surface area contributed by atoms with E-state index in [0.29, 0.717) is 11.7 Å². The second kappa shape index (κ2) is 6.50. The largest absolute Gasteiger partial charge is 0.399 e. The molecule has 3 N–H and O–H groups in total. The minimum atomic E-state index is -0.0232. The van der Waals surface area contributed by atoms with Crippen LogP contribution in [-0.2, 0) is 4.79 Å². The van der Waals surface area contributed by atoms with Crippen molar-refractivity contribution < 1.29 is 4.79 Å². The lowest BCUT2D eigenvalue weighted by atomic mass is 10.1. The second-order valence-corrected chi connectivity index (χ2v) is 5.58. The molecule has 0 radical (unpaired) electrons. The van der Waals surface area contributed by atoms with Crippen LogP contribution in [0.15, 0.2) is 30.3 Å². The maximum absolute atomic E-state index is 11.7. The van der Waals surface area contributed by atoms with E-state index in [1.807, 2.05) is 36.0 Å². The Hall–Kier alpha value is -1.42. The number of carbonyl (C=O) groups excluding carboxylic acids is 1. The molecule has 1 aliphatic heterocycles. The highest BCUT2D eigenvalue weighted by Gasteiger charge is 2.14. The number of nitrogen functional groups attached to an aromatic ring is 1. The van der Waals surface area contributed by atoms with Gasteiger partial charge in [-0.05, 0) is 42.4 Å². The maximum atomic E-state index is 11.7. The smallest absolute Gasteiger partial charge is 0.244 e. The summed E-state index contributed by atoms with van der Waals surface area (Å²) in [6.07, 6.45) is 5.65. The van der Waals surface area contributed by atoms with E-state index in [-0.39, 0.29) is 5.91 Å². The molecule has 1 amide bonds. The van der Waals surface area contributed by atoms with Crippen molar-refractivity contribution in [3.8, 4) is 0 Å². The first-order valence-electron chi connectivity index (χ1n) is 6.16. The fourth-order valence-corrected chi connectivity index (χ4v) is 3.01. The minimum Gasteiger partial charge on any atom is -0.399 e. The average molecular weight is 262 g/mol. The highest BCUT2D eigenvalue weighted by molar-refractivity contribution is 7.99. The fraction of sp³-hybridized carbons (Fsp3) is 0.357. The topological polar surface area (TPSA) is 55.1 Å². The normalized spacial score (nSPS) is 19.9. The number of anilines is 1. The third kappa shape index (κ3) is 4.11. The highest BCUT2D eigenvalue weighted by atomic mass is 32.2. The summed E-state index contributed by atoms with van der Waals surface area (Å²) in [6, 6.07) is 7.81. The molecule has 0 saturated carbocycles. The molecule has 1 unspecified atom stereocenters. The predicted octanol–water partition coefficient (Wildman–Crippen LogP) is 2.29. The van der Waals surface area contributed by atoms with Gasteiger partial charge in [0.1, 0.15) is 0 Å². The van der Waals surface area contributed by atoms with Crippen LogP contribution in [0.1, 0.15) is 18.4 Å². The number of carbonyl (C=O) groups is 1. The number of benzene rings is 1. The van der Waals surface area contributed by atoms with Gasteiger partial charge in [-0.25, -0.2) is 0 Å². The van der Waals surface area contributed by atoms with Crippen LogP contribution >= 0.6 is 11.8 Å². The molecular formula is C14H18N2OS. The van der Waals surface area contributed by atoms with Crippen molar-refractivity contribution >= 4 is 29.4 Å². The molecule has 1 aromatic carbocycles. The summed E-state index contributed by atoms with van der Waals surface area (Å²) in [5.74, 6) is 2.22. The SMILES string of the molecule is Nc1cccc(/C=C/C(=O)NC2CCCSC2)c1. The van der Waals surface area contributed by atoms with Crippen LogP contribution in [-0.4, -0.2) is 23.5 Å². The van der Waals surface area contributed by atoms with E-state index < -0.39 is 0 Å². The van der Waals surface area contributed by atoms with Gasteiger partial charge in [0, 0.05) is 23.6 Å². The molecular weight excluding hydrogens is 244 g/mol. The monoisotopic (exact) mass is 262 g/mol. The van der Waals surface area contributed by atoms with Crippen LogP contribution in [0, 0.1) is 0 Å². The fourth-order valence-electron chi connectivity index (χ4n) is 1.94. The zero-order chi connectivity index (χ0) is 12.8. The lowest BCUT2D eigenvalue weighted by molar-refractivity contribution is -0.117. The minimum absolute atomic E-state index is 0.0232. The molecule has 1 saturated heterocycles. The molecule has 1 aromatic rings. The summed E-state index contributed by atoms with van der Waals surface area (Å²) in [4.78, 5) is 11.7. The Labute approximate surface area is 112 Å². The van der Waals surface area contributed by atoms with E-state index in [1.165, 1.54) is 12.2 Å². The molecule has 1 aliphatic rings. The molecule has 0 aromatic heterocycles. The van der Waals surface area contributed by atoms with Crippen molar-refractivity contribution in [2.75, 3.05) is 17.2 Å². The number of hydrogen-bond donors (Lipinski definition) is 2. The number of amides is 1. The number of thioether (sulfide) groups is 1. The molecule has 0 aliphatic carbocycles. The van der Waals surface area contributed by atoms with Crippen molar-refractivity contribution in [1.82, 2.24) is 5.32 Å². The quantitative estimate of drug-likeness (QED) is 0.649. The third-order valence-corrected chi connectivity index (χ3v) is 4.06. The Morgan fingerprint density at radius 2 is 2.39 bits per heavy atom. The Balaban J connectivity index is 1.86. The van der Waals surface area contributed by atoms with Gasteiger partial charge in [-0.2, -0.15) is 11.8 Å². The van der Waals surface area contributed by atoms with Gasteiger partial charge in [0.15, 0.2) is 0 Å².